The van der Waals surface area contributed by atoms with E-state index in [1.807, 2.05) is 0 Å². The van der Waals surface area contributed by atoms with E-state index in [0.29, 0.717) is 37.8 Å². The fraction of sp³-hybridized carbons (Fsp3) is 0.643. The van der Waals surface area contributed by atoms with Crippen LogP contribution in [0.1, 0.15) is 36.7 Å². The summed E-state index contributed by atoms with van der Waals surface area (Å²) in [4.78, 5) is 22.3. The summed E-state index contributed by atoms with van der Waals surface area (Å²) >= 11 is 0. The molecule has 0 saturated carbocycles. The monoisotopic (exact) mass is 278 g/mol. The second-order valence-electron chi connectivity index (χ2n) is 4.83. The van der Waals surface area contributed by atoms with Gasteiger partial charge in [-0.25, -0.2) is 9.97 Å². The van der Waals surface area contributed by atoms with Gasteiger partial charge in [-0.1, -0.05) is 19.8 Å². The van der Waals surface area contributed by atoms with Crippen LogP contribution in [0.3, 0.4) is 0 Å². The Kier molecular flexibility index (Phi) is 5.73. The molecule has 0 spiro atoms. The van der Waals surface area contributed by atoms with Crippen LogP contribution in [0.5, 0.6) is 0 Å². The maximum Gasteiger partial charge on any atom is 0.272 e. The number of ether oxygens (including phenoxy) is 1. The minimum atomic E-state index is -0.0488. The van der Waals surface area contributed by atoms with Gasteiger partial charge in [0.2, 0.25) is 0 Å². The molecule has 0 radical (unpaired) electrons. The molecule has 1 aromatic heterocycles. The zero-order chi connectivity index (χ0) is 14.2. The quantitative estimate of drug-likeness (QED) is 0.800. The Labute approximate surface area is 119 Å². The van der Waals surface area contributed by atoms with Crippen LogP contribution in [0.25, 0.3) is 0 Å². The molecule has 1 amide bonds. The maximum absolute atomic E-state index is 12.3. The van der Waals surface area contributed by atoms with E-state index >= 15 is 0 Å². The molecule has 6 heteroatoms. The zero-order valence-corrected chi connectivity index (χ0v) is 12.0. The van der Waals surface area contributed by atoms with Gasteiger partial charge in [0.1, 0.15) is 17.8 Å². The topological polar surface area (TPSA) is 67.4 Å². The van der Waals surface area contributed by atoms with Crippen molar-refractivity contribution in [1.29, 1.82) is 0 Å². The van der Waals surface area contributed by atoms with Crippen LogP contribution in [0, 0.1) is 0 Å². The van der Waals surface area contributed by atoms with E-state index in [0.717, 1.165) is 13.0 Å². The third-order valence-corrected chi connectivity index (χ3v) is 3.27. The number of rotatable bonds is 6. The number of amides is 1. The van der Waals surface area contributed by atoms with Crippen LogP contribution in [0.2, 0.25) is 0 Å². The summed E-state index contributed by atoms with van der Waals surface area (Å²) in [6.45, 7) is 5.49. The molecule has 1 aliphatic heterocycles. The number of unbranched alkanes of at least 4 members (excludes halogenated alkanes) is 2. The van der Waals surface area contributed by atoms with Crippen LogP contribution < -0.4 is 5.32 Å². The van der Waals surface area contributed by atoms with Gasteiger partial charge in [0, 0.05) is 25.7 Å². The van der Waals surface area contributed by atoms with Crippen LogP contribution in [-0.2, 0) is 4.74 Å². The van der Waals surface area contributed by atoms with Crippen molar-refractivity contribution in [1.82, 2.24) is 14.9 Å². The number of nitrogens with zero attached hydrogens (tertiary/aromatic N) is 3. The van der Waals surface area contributed by atoms with Crippen molar-refractivity contribution < 1.29 is 9.53 Å². The lowest BCUT2D eigenvalue weighted by atomic mass is 10.2. The highest BCUT2D eigenvalue weighted by molar-refractivity contribution is 5.92. The molecule has 0 aromatic carbocycles. The highest BCUT2D eigenvalue weighted by Crippen LogP contribution is 2.09. The third-order valence-electron chi connectivity index (χ3n) is 3.27. The molecule has 1 aliphatic rings. The van der Waals surface area contributed by atoms with Gasteiger partial charge in [0.15, 0.2) is 0 Å². The predicted molar refractivity (Wildman–Crippen MR) is 76.8 cm³/mol. The van der Waals surface area contributed by atoms with Gasteiger partial charge in [0.05, 0.1) is 13.2 Å². The van der Waals surface area contributed by atoms with Crippen molar-refractivity contribution in [2.24, 2.45) is 0 Å². The van der Waals surface area contributed by atoms with Crippen LogP contribution in [-0.4, -0.2) is 53.6 Å². The van der Waals surface area contributed by atoms with E-state index in [2.05, 4.69) is 22.2 Å². The van der Waals surface area contributed by atoms with Gasteiger partial charge in [-0.2, -0.15) is 0 Å². The molecular weight excluding hydrogens is 256 g/mol. The van der Waals surface area contributed by atoms with Gasteiger partial charge >= 0.3 is 0 Å². The number of hydrogen-bond donors (Lipinski definition) is 1. The molecule has 110 valence electrons. The standard InChI is InChI=1S/C14H22N4O2/c1-2-3-4-5-15-13-10-12(16-11-17-13)14(19)18-6-8-20-9-7-18/h10-11H,2-9H2,1H3,(H,15,16,17). The average molecular weight is 278 g/mol. The van der Waals surface area contributed by atoms with Crippen LogP contribution in [0.15, 0.2) is 12.4 Å². The molecule has 0 bridgehead atoms. The highest BCUT2D eigenvalue weighted by Gasteiger charge is 2.19. The van der Waals surface area contributed by atoms with Gasteiger partial charge in [-0.15, -0.1) is 0 Å². The van der Waals surface area contributed by atoms with Crippen molar-refractivity contribution in [3.63, 3.8) is 0 Å². The van der Waals surface area contributed by atoms with Crippen LogP contribution in [0.4, 0.5) is 5.82 Å². The summed E-state index contributed by atoms with van der Waals surface area (Å²) < 4.78 is 5.25. The van der Waals surface area contributed by atoms with E-state index < -0.39 is 0 Å². The van der Waals surface area contributed by atoms with Crippen molar-refractivity contribution in [2.45, 2.75) is 26.2 Å². The Morgan fingerprint density at radius 1 is 1.35 bits per heavy atom. The van der Waals surface area contributed by atoms with Gasteiger partial charge in [-0.05, 0) is 6.42 Å². The number of hydrogen-bond acceptors (Lipinski definition) is 5. The fourth-order valence-corrected chi connectivity index (χ4v) is 2.09. The lowest BCUT2D eigenvalue weighted by Crippen LogP contribution is -2.41. The normalized spacial score (nSPS) is 15.2. The van der Waals surface area contributed by atoms with E-state index in [4.69, 9.17) is 4.74 Å². The molecule has 1 fully saturated rings. The Morgan fingerprint density at radius 2 is 2.15 bits per heavy atom. The summed E-state index contributed by atoms with van der Waals surface area (Å²) in [5.41, 5.74) is 0.444. The average Bonchev–Trinajstić information content (AvgIpc) is 2.52. The first-order valence-corrected chi connectivity index (χ1v) is 7.24. The first-order valence-electron chi connectivity index (χ1n) is 7.24. The number of carbonyl (C=O) groups excluding carboxylic acids is 1. The first kappa shape index (κ1) is 14.7. The number of morpholine rings is 1. The molecule has 0 aliphatic carbocycles. The number of aromatic nitrogens is 2. The summed E-state index contributed by atoms with van der Waals surface area (Å²) in [5, 5.41) is 3.23. The lowest BCUT2D eigenvalue weighted by Gasteiger charge is -2.26. The van der Waals surface area contributed by atoms with Crippen molar-refractivity contribution >= 4 is 11.7 Å². The zero-order valence-electron chi connectivity index (χ0n) is 12.0. The third kappa shape index (κ3) is 4.16. The summed E-state index contributed by atoms with van der Waals surface area (Å²) in [7, 11) is 0. The molecule has 1 N–H and O–H groups in total. The Hall–Kier alpha value is -1.69. The van der Waals surface area contributed by atoms with Crippen molar-refractivity contribution in [2.75, 3.05) is 38.2 Å². The largest absolute Gasteiger partial charge is 0.378 e. The Morgan fingerprint density at radius 3 is 2.90 bits per heavy atom. The minimum Gasteiger partial charge on any atom is -0.378 e. The number of nitrogens with one attached hydrogen (secondary N) is 1. The molecule has 2 rings (SSSR count). The number of carbonyl (C=O) groups is 1. The first-order chi connectivity index (χ1) is 9.81. The van der Waals surface area contributed by atoms with Gasteiger partial charge in [-0.3, -0.25) is 4.79 Å². The Balaban J connectivity index is 1.92. The molecule has 6 nitrogen and oxygen atoms in total. The van der Waals surface area contributed by atoms with E-state index in [9.17, 15) is 4.79 Å². The van der Waals surface area contributed by atoms with Gasteiger partial charge < -0.3 is 15.0 Å². The molecule has 0 atom stereocenters. The Bertz CT molecular complexity index is 433. The predicted octanol–water partition coefficient (Wildman–Crippen LogP) is 1.55. The minimum absolute atomic E-state index is 0.0488. The van der Waals surface area contributed by atoms with Crippen molar-refractivity contribution in [3.8, 4) is 0 Å². The summed E-state index contributed by atoms with van der Waals surface area (Å²) in [6, 6.07) is 1.73. The second kappa shape index (κ2) is 7.79. The van der Waals surface area contributed by atoms with Gasteiger partial charge in [0.25, 0.3) is 5.91 Å². The highest BCUT2D eigenvalue weighted by atomic mass is 16.5. The molecule has 0 unspecified atom stereocenters. The van der Waals surface area contributed by atoms with E-state index in [1.165, 1.54) is 19.2 Å². The second-order valence-corrected chi connectivity index (χ2v) is 4.83. The molecule has 20 heavy (non-hydrogen) atoms. The fourth-order valence-electron chi connectivity index (χ4n) is 2.09. The van der Waals surface area contributed by atoms with Crippen molar-refractivity contribution in [3.05, 3.63) is 18.1 Å². The van der Waals surface area contributed by atoms with E-state index in [-0.39, 0.29) is 5.91 Å². The molecular formula is C14H22N4O2. The molecule has 1 saturated heterocycles. The van der Waals surface area contributed by atoms with Crippen LogP contribution >= 0.6 is 0 Å². The molecule has 1 aromatic rings. The molecule has 2 heterocycles. The summed E-state index contributed by atoms with van der Waals surface area (Å²) in [6.07, 6.45) is 4.92. The summed E-state index contributed by atoms with van der Waals surface area (Å²) in [5.74, 6) is 0.667. The lowest BCUT2D eigenvalue weighted by molar-refractivity contribution is 0.0299. The number of anilines is 1. The van der Waals surface area contributed by atoms with E-state index in [1.54, 1.807) is 11.0 Å². The SMILES string of the molecule is CCCCCNc1cc(C(=O)N2CCOCC2)ncn1. The maximum atomic E-state index is 12.3. The smallest absolute Gasteiger partial charge is 0.272 e.